The first-order valence-corrected chi connectivity index (χ1v) is 6.54. The average molecular weight is 303 g/mol. The Kier molecular flexibility index (Phi) is 3.27. The van der Waals surface area contributed by atoms with Crippen molar-refractivity contribution in [3.63, 3.8) is 0 Å². The van der Waals surface area contributed by atoms with Gasteiger partial charge in [-0.15, -0.1) is 11.6 Å². The molecule has 0 spiro atoms. The van der Waals surface area contributed by atoms with E-state index in [0.29, 0.717) is 11.4 Å². The van der Waals surface area contributed by atoms with Gasteiger partial charge in [0.25, 0.3) is 5.91 Å². The van der Waals surface area contributed by atoms with Crippen molar-refractivity contribution in [1.29, 1.82) is 0 Å². The molecule has 1 aromatic rings. The molecule has 0 atom stereocenters. The molecule has 1 fully saturated rings. The summed E-state index contributed by atoms with van der Waals surface area (Å²) in [5.74, 6) is 0.461. The Morgan fingerprint density at radius 1 is 1.56 bits per heavy atom. The number of halogens is 2. The van der Waals surface area contributed by atoms with Crippen LogP contribution in [-0.2, 0) is 0 Å². The lowest BCUT2D eigenvalue weighted by atomic mass is 10.1. The Morgan fingerprint density at radius 2 is 2.25 bits per heavy atom. The normalized spacial score (nSPS) is 16.9. The zero-order chi connectivity index (χ0) is 11.8. The van der Waals surface area contributed by atoms with E-state index >= 15 is 0 Å². The number of carbonyl (C=O) groups excluding carboxylic acids is 1. The molecule has 0 heterocycles. The number of hydrogen-bond acceptors (Lipinski definition) is 1. The summed E-state index contributed by atoms with van der Waals surface area (Å²) in [6.07, 6.45) is 1.96. The molecule has 16 heavy (non-hydrogen) atoms. The monoisotopic (exact) mass is 301 g/mol. The predicted octanol–water partition coefficient (Wildman–Crippen LogP) is 3.26. The van der Waals surface area contributed by atoms with Gasteiger partial charge >= 0.3 is 0 Å². The first-order chi connectivity index (χ1) is 7.58. The zero-order valence-electron chi connectivity index (χ0n) is 9.02. The van der Waals surface area contributed by atoms with E-state index in [1.165, 1.54) is 0 Å². The number of alkyl halides is 1. The molecule has 0 bridgehead atoms. The van der Waals surface area contributed by atoms with Crippen LogP contribution in [0, 0.1) is 6.92 Å². The fourth-order valence-electron chi connectivity index (χ4n) is 1.60. The van der Waals surface area contributed by atoms with Crippen molar-refractivity contribution < 1.29 is 4.79 Å². The zero-order valence-corrected chi connectivity index (χ0v) is 11.4. The van der Waals surface area contributed by atoms with Crippen molar-refractivity contribution in [2.24, 2.45) is 0 Å². The minimum absolute atomic E-state index is 0.0306. The van der Waals surface area contributed by atoms with Crippen LogP contribution in [0.3, 0.4) is 0 Å². The highest BCUT2D eigenvalue weighted by Crippen LogP contribution is 2.36. The Hall–Kier alpha value is -0.540. The molecule has 1 saturated carbocycles. The van der Waals surface area contributed by atoms with Gasteiger partial charge in [0.15, 0.2) is 0 Å². The summed E-state index contributed by atoms with van der Waals surface area (Å²) >= 11 is 9.25. The second-order valence-corrected chi connectivity index (χ2v) is 5.40. The Balaban J connectivity index is 2.18. The highest BCUT2D eigenvalue weighted by atomic mass is 79.9. The van der Waals surface area contributed by atoms with Crippen LogP contribution in [0.5, 0.6) is 0 Å². The van der Waals surface area contributed by atoms with Gasteiger partial charge in [0.05, 0.1) is 5.54 Å². The lowest BCUT2D eigenvalue weighted by molar-refractivity contribution is 0.0935. The minimum atomic E-state index is -0.145. The van der Waals surface area contributed by atoms with Gasteiger partial charge in [-0.05, 0) is 37.5 Å². The Bertz CT molecular complexity index is 429. The van der Waals surface area contributed by atoms with E-state index in [2.05, 4.69) is 21.2 Å². The second-order valence-electron chi connectivity index (χ2n) is 4.28. The minimum Gasteiger partial charge on any atom is -0.345 e. The molecule has 0 unspecified atom stereocenters. The fourth-order valence-corrected chi connectivity index (χ4v) is 2.30. The van der Waals surface area contributed by atoms with Crippen LogP contribution in [0.1, 0.15) is 28.8 Å². The van der Waals surface area contributed by atoms with E-state index < -0.39 is 0 Å². The topological polar surface area (TPSA) is 29.1 Å². The smallest absolute Gasteiger partial charge is 0.252 e. The maximum Gasteiger partial charge on any atom is 0.252 e. The first-order valence-electron chi connectivity index (χ1n) is 5.22. The largest absolute Gasteiger partial charge is 0.345 e. The molecule has 1 amide bonds. The molecule has 0 aliphatic heterocycles. The lowest BCUT2D eigenvalue weighted by Gasteiger charge is -2.15. The fraction of sp³-hybridized carbons (Fsp3) is 0.417. The third kappa shape index (κ3) is 2.25. The van der Waals surface area contributed by atoms with Crippen LogP contribution in [-0.4, -0.2) is 17.3 Å². The highest BCUT2D eigenvalue weighted by Gasteiger charge is 2.43. The van der Waals surface area contributed by atoms with Gasteiger partial charge in [-0.25, -0.2) is 0 Å². The third-order valence-corrected chi connectivity index (χ3v) is 4.37. The summed E-state index contributed by atoms with van der Waals surface area (Å²) in [5, 5.41) is 3.01. The summed E-state index contributed by atoms with van der Waals surface area (Å²) in [4.78, 5) is 12.0. The van der Waals surface area contributed by atoms with E-state index in [9.17, 15) is 4.79 Å². The number of nitrogens with one attached hydrogen (secondary N) is 1. The molecule has 1 N–H and O–H groups in total. The Labute approximate surface area is 108 Å². The van der Waals surface area contributed by atoms with E-state index in [4.69, 9.17) is 11.6 Å². The van der Waals surface area contributed by atoms with Gasteiger partial charge in [-0.3, -0.25) is 4.79 Å². The van der Waals surface area contributed by atoms with Crippen molar-refractivity contribution in [3.05, 3.63) is 33.8 Å². The van der Waals surface area contributed by atoms with Crippen molar-refractivity contribution in [1.82, 2.24) is 5.32 Å². The first kappa shape index (κ1) is 11.9. The Morgan fingerprint density at radius 3 is 2.81 bits per heavy atom. The van der Waals surface area contributed by atoms with Crippen molar-refractivity contribution >= 4 is 33.4 Å². The quantitative estimate of drug-likeness (QED) is 0.853. The second kappa shape index (κ2) is 4.38. The van der Waals surface area contributed by atoms with Gasteiger partial charge in [0.2, 0.25) is 0 Å². The van der Waals surface area contributed by atoms with Gasteiger partial charge in [-0.2, -0.15) is 0 Å². The number of rotatable bonds is 3. The number of benzene rings is 1. The summed E-state index contributed by atoms with van der Waals surface area (Å²) in [5.41, 5.74) is 1.53. The lowest BCUT2D eigenvalue weighted by Crippen LogP contribution is -2.38. The van der Waals surface area contributed by atoms with Crippen molar-refractivity contribution in [2.45, 2.75) is 25.3 Å². The molecule has 0 radical (unpaired) electrons. The molecular weight excluding hydrogens is 289 g/mol. The van der Waals surface area contributed by atoms with Crippen LogP contribution in [0.25, 0.3) is 0 Å². The average Bonchev–Trinajstić information content (AvgIpc) is 3.02. The molecule has 1 aromatic carbocycles. The number of amides is 1. The molecule has 86 valence electrons. The molecule has 2 nitrogen and oxygen atoms in total. The van der Waals surface area contributed by atoms with E-state index in [0.717, 1.165) is 22.9 Å². The van der Waals surface area contributed by atoms with Gasteiger partial charge in [0.1, 0.15) is 0 Å². The standard InChI is InChI=1S/C12H13BrClNO/c1-8-9(3-2-4-10(8)13)11(16)15-12(7-14)5-6-12/h2-4H,5-7H2,1H3,(H,15,16). The van der Waals surface area contributed by atoms with Gasteiger partial charge < -0.3 is 5.32 Å². The highest BCUT2D eigenvalue weighted by molar-refractivity contribution is 9.10. The molecule has 1 aliphatic rings. The van der Waals surface area contributed by atoms with Crippen molar-refractivity contribution in [3.8, 4) is 0 Å². The summed E-state index contributed by atoms with van der Waals surface area (Å²) < 4.78 is 0.955. The maximum atomic E-state index is 12.0. The van der Waals surface area contributed by atoms with Crippen LogP contribution in [0.4, 0.5) is 0 Å². The third-order valence-electron chi connectivity index (χ3n) is 3.00. The van der Waals surface area contributed by atoms with Crippen LogP contribution in [0.15, 0.2) is 22.7 Å². The van der Waals surface area contributed by atoms with Crippen LogP contribution < -0.4 is 5.32 Å². The number of carbonyl (C=O) groups is 1. The maximum absolute atomic E-state index is 12.0. The predicted molar refractivity (Wildman–Crippen MR) is 69.0 cm³/mol. The molecular formula is C12H13BrClNO. The summed E-state index contributed by atoms with van der Waals surface area (Å²) in [7, 11) is 0. The van der Waals surface area contributed by atoms with E-state index in [1.54, 1.807) is 0 Å². The van der Waals surface area contributed by atoms with E-state index in [-0.39, 0.29) is 11.4 Å². The molecule has 0 aromatic heterocycles. The van der Waals surface area contributed by atoms with Crippen LogP contribution in [0.2, 0.25) is 0 Å². The molecule has 0 saturated heterocycles. The summed E-state index contributed by atoms with van der Waals surface area (Å²) in [6, 6.07) is 5.63. The molecule has 1 aliphatic carbocycles. The van der Waals surface area contributed by atoms with Crippen LogP contribution >= 0.6 is 27.5 Å². The van der Waals surface area contributed by atoms with Gasteiger partial charge in [0, 0.05) is 15.9 Å². The summed E-state index contributed by atoms with van der Waals surface area (Å²) in [6.45, 7) is 1.93. The number of hydrogen-bond donors (Lipinski definition) is 1. The SMILES string of the molecule is Cc1c(Br)cccc1C(=O)NC1(CCl)CC1. The molecule has 4 heteroatoms. The van der Waals surface area contributed by atoms with E-state index in [1.807, 2.05) is 25.1 Å². The van der Waals surface area contributed by atoms with Gasteiger partial charge in [-0.1, -0.05) is 22.0 Å². The molecule has 2 rings (SSSR count). The van der Waals surface area contributed by atoms with Crippen molar-refractivity contribution in [2.75, 3.05) is 5.88 Å².